The van der Waals surface area contributed by atoms with Crippen LogP contribution in [0.3, 0.4) is 0 Å². The molecule has 0 amide bonds. The first kappa shape index (κ1) is 28.4. The van der Waals surface area contributed by atoms with Crippen LogP contribution in [0.25, 0.3) is 0 Å². The van der Waals surface area contributed by atoms with Crippen molar-refractivity contribution in [1.29, 1.82) is 0 Å². The smallest absolute Gasteiger partial charge is 0.387 e. The van der Waals surface area contributed by atoms with Crippen molar-refractivity contribution in [3.05, 3.63) is 27.4 Å². The number of aliphatic hydroxyl groups excluding tert-OH is 1. The van der Waals surface area contributed by atoms with E-state index < -0.39 is 70.6 Å². The molecule has 23 heteroatoms. The number of aromatic amines is 1. The highest BCUT2D eigenvalue weighted by Gasteiger charge is 2.71. The molecule has 1 saturated heterocycles. The van der Waals surface area contributed by atoms with Gasteiger partial charge in [-0.3, -0.25) is 18.9 Å². The quantitative estimate of drug-likeness (QED) is 0.159. The van der Waals surface area contributed by atoms with E-state index in [1.165, 1.54) is 0 Å². The number of halogens is 3. The van der Waals surface area contributed by atoms with Gasteiger partial charge in [-0.15, -0.1) is 0 Å². The Hall–Kier alpha value is -0.820. The van der Waals surface area contributed by atoms with Crippen molar-refractivity contribution in [2.24, 2.45) is 0 Å². The maximum absolute atomic E-state index is 13.6. The van der Waals surface area contributed by atoms with Crippen LogP contribution in [0.5, 0.6) is 0 Å². The van der Waals surface area contributed by atoms with Gasteiger partial charge in [-0.2, -0.15) is 21.8 Å². The van der Waals surface area contributed by atoms with E-state index in [2.05, 4.69) is 13.1 Å². The number of aromatic nitrogens is 2. The number of nitrogens with one attached hydrogen (secondary N) is 1. The molecule has 3 unspecified atom stereocenters. The number of phosphoric ester groups is 1. The first-order chi connectivity index (χ1) is 14.7. The highest BCUT2D eigenvalue weighted by atomic mass is 32.1. The van der Waals surface area contributed by atoms with E-state index in [4.69, 9.17) is 31.6 Å². The van der Waals surface area contributed by atoms with Gasteiger partial charge in [0, 0.05) is 12.3 Å². The van der Waals surface area contributed by atoms with Crippen LogP contribution in [0.4, 0.5) is 13.2 Å². The van der Waals surface area contributed by atoms with Crippen molar-refractivity contribution in [3.8, 4) is 0 Å². The molecule has 6 atom stereocenters. The van der Waals surface area contributed by atoms with E-state index in [0.29, 0.717) is 16.8 Å². The topological polar surface area (TPSA) is 247 Å². The maximum atomic E-state index is 13.6. The molecule has 0 saturated carbocycles. The largest absolute Gasteiger partial charge is 0.490 e. The molecular weight excluding hydrogens is 554 g/mol. The van der Waals surface area contributed by atoms with E-state index in [-0.39, 0.29) is 0 Å². The fraction of sp³-hybridized carbons (Fsp3) is 0.600. The molecular formula is C10H14F3N2O14P3S. The summed E-state index contributed by atoms with van der Waals surface area (Å²) in [7, 11) is -17.4. The first-order valence-electron chi connectivity index (χ1n) is 7.91. The minimum Gasteiger partial charge on any atom is -0.387 e. The van der Waals surface area contributed by atoms with Gasteiger partial charge < -0.3 is 34.5 Å². The molecule has 190 valence electrons. The number of alkyl halides is 3. The van der Waals surface area contributed by atoms with Crippen molar-refractivity contribution in [2.75, 3.05) is 6.61 Å². The first-order valence-corrected chi connectivity index (χ1v) is 12.8. The van der Waals surface area contributed by atoms with E-state index in [0.717, 1.165) is 0 Å². The molecule has 0 bridgehead atoms. The average molecular weight is 568 g/mol. The second-order valence-electron chi connectivity index (χ2n) is 6.20. The lowest BCUT2D eigenvalue weighted by Crippen LogP contribution is -2.57. The van der Waals surface area contributed by atoms with Crippen LogP contribution < -0.4 is 5.56 Å². The molecule has 7 N–H and O–H groups in total. The van der Waals surface area contributed by atoms with Crippen molar-refractivity contribution in [3.63, 3.8) is 0 Å². The lowest BCUT2D eigenvalue weighted by Gasteiger charge is -2.33. The third-order valence-corrected chi connectivity index (χ3v) is 7.97. The molecule has 1 aliphatic heterocycles. The number of aliphatic hydroxyl groups is 2. The fourth-order valence-electron chi connectivity index (χ4n) is 2.57. The lowest BCUT2D eigenvalue weighted by molar-refractivity contribution is -0.304. The molecule has 0 spiro atoms. The summed E-state index contributed by atoms with van der Waals surface area (Å²) in [5.41, 5.74) is -4.93. The van der Waals surface area contributed by atoms with Crippen molar-refractivity contribution in [1.82, 2.24) is 9.55 Å². The zero-order chi connectivity index (χ0) is 25.6. The minimum atomic E-state index is -5.92. The molecule has 1 aromatic rings. The lowest BCUT2D eigenvalue weighted by atomic mass is 9.93. The van der Waals surface area contributed by atoms with E-state index in [1.807, 2.05) is 4.98 Å². The maximum Gasteiger partial charge on any atom is 0.490 e. The van der Waals surface area contributed by atoms with Crippen LogP contribution in [0.2, 0.25) is 0 Å². The van der Waals surface area contributed by atoms with Gasteiger partial charge in [-0.25, -0.2) is 13.7 Å². The summed E-state index contributed by atoms with van der Waals surface area (Å²) >= 11 is 4.70. The summed E-state index contributed by atoms with van der Waals surface area (Å²) in [4.78, 5) is 48.5. The summed E-state index contributed by atoms with van der Waals surface area (Å²) in [6.45, 7) is -1.50. The Bertz CT molecular complexity index is 1150. The van der Waals surface area contributed by atoms with Crippen molar-refractivity contribution >= 4 is 35.7 Å². The second-order valence-corrected chi connectivity index (χ2v) is 11.0. The zero-order valence-electron chi connectivity index (χ0n) is 15.4. The van der Waals surface area contributed by atoms with Crippen LogP contribution in [0.15, 0.2) is 17.1 Å². The average Bonchev–Trinajstić information content (AvgIpc) is 2.82. The highest BCUT2D eigenvalue weighted by molar-refractivity contribution is 7.71. The van der Waals surface area contributed by atoms with Crippen LogP contribution >= 0.6 is 35.7 Å². The molecule has 0 radical (unpaired) electrons. The Morgan fingerprint density at radius 3 is 2.24 bits per heavy atom. The van der Waals surface area contributed by atoms with Crippen LogP contribution in [0.1, 0.15) is 6.23 Å². The SMILES string of the molecule is O=c1ccn([C@@H]2O[C@H](COP(=O)(O)OP(=O)(O)OP(=O)(O)O)C(O)[C@]2(O)C(F)(F)F)c(=S)[nH]1. The molecule has 0 aliphatic carbocycles. The predicted octanol–water partition coefficient (Wildman–Crippen LogP) is -0.199. The standard InChI is InChI=1S/C10H14F3N2O14P3S/c11-10(12,13)9(18)6(17)4(27-7(9)15-2-1-5(16)14-8(15)33)3-26-31(22,23)29-32(24,25)28-30(19,20)21/h1-2,4,6-7,17-18H,3H2,(H,22,23)(H,24,25)(H,14,16,33)(H2,19,20,21)/t4-,6?,7-,9-/m1/s1. The fourth-order valence-corrected chi connectivity index (χ4v) is 5.86. The molecule has 2 rings (SSSR count). The van der Waals surface area contributed by atoms with Gasteiger partial charge in [-0.1, -0.05) is 0 Å². The van der Waals surface area contributed by atoms with Gasteiger partial charge in [0.2, 0.25) is 5.60 Å². The molecule has 16 nitrogen and oxygen atoms in total. The Morgan fingerprint density at radius 1 is 1.18 bits per heavy atom. The third kappa shape index (κ3) is 6.65. The van der Waals surface area contributed by atoms with Gasteiger partial charge in [-0.05, 0) is 12.2 Å². The molecule has 0 aromatic carbocycles. The van der Waals surface area contributed by atoms with E-state index >= 15 is 0 Å². The van der Waals surface area contributed by atoms with Gasteiger partial charge in [0.1, 0.15) is 12.2 Å². The van der Waals surface area contributed by atoms with Gasteiger partial charge in [0.25, 0.3) is 5.56 Å². The Labute approximate surface area is 184 Å². The molecule has 33 heavy (non-hydrogen) atoms. The summed E-state index contributed by atoms with van der Waals surface area (Å²) in [5.74, 6) is 0. The molecule has 1 aliphatic rings. The Balaban J connectivity index is 2.29. The number of nitrogens with zero attached hydrogens (tertiary/aromatic N) is 1. The van der Waals surface area contributed by atoms with Crippen LogP contribution in [-0.4, -0.2) is 69.9 Å². The summed E-state index contributed by atoms with van der Waals surface area (Å²) in [5, 5.41) is 20.3. The van der Waals surface area contributed by atoms with Gasteiger partial charge in [0.05, 0.1) is 6.61 Å². The zero-order valence-corrected chi connectivity index (χ0v) is 18.9. The summed E-state index contributed by atoms with van der Waals surface area (Å²) < 4.78 is 90.1. The minimum absolute atomic E-state index is 0.415. The van der Waals surface area contributed by atoms with Gasteiger partial charge in [0.15, 0.2) is 11.0 Å². The number of rotatable bonds is 8. The number of hydrogen-bond donors (Lipinski definition) is 7. The number of hydrogen-bond acceptors (Lipinski definition) is 11. The monoisotopic (exact) mass is 568 g/mol. The summed E-state index contributed by atoms with van der Waals surface area (Å²) in [6, 6.07) is 0.710. The van der Waals surface area contributed by atoms with Crippen LogP contribution in [0, 0.1) is 4.77 Å². The highest BCUT2D eigenvalue weighted by Crippen LogP contribution is 2.66. The molecule has 2 heterocycles. The van der Waals surface area contributed by atoms with Crippen molar-refractivity contribution < 1.29 is 74.5 Å². The third-order valence-electron chi connectivity index (χ3n) is 3.86. The normalized spacial score (nSPS) is 30.0. The van der Waals surface area contributed by atoms with E-state index in [1.54, 1.807) is 0 Å². The number of H-pyrrole nitrogens is 1. The predicted molar refractivity (Wildman–Crippen MR) is 96.6 cm³/mol. The number of phosphoric acid groups is 3. The van der Waals surface area contributed by atoms with Crippen LogP contribution in [-0.2, 0) is 31.6 Å². The number of ether oxygens (including phenoxy) is 1. The Morgan fingerprint density at radius 2 is 1.76 bits per heavy atom. The van der Waals surface area contributed by atoms with Crippen molar-refractivity contribution in [2.45, 2.75) is 30.2 Å². The van der Waals surface area contributed by atoms with Gasteiger partial charge >= 0.3 is 29.6 Å². The summed E-state index contributed by atoms with van der Waals surface area (Å²) in [6.07, 6.45) is -12.6. The van der Waals surface area contributed by atoms with E-state index in [9.17, 15) is 46.8 Å². The molecule has 1 fully saturated rings. The Kier molecular flexibility index (Phi) is 8.03. The second kappa shape index (κ2) is 9.33. The molecule has 1 aromatic heterocycles.